The van der Waals surface area contributed by atoms with E-state index in [0.717, 1.165) is 10.6 Å². The Bertz CT molecular complexity index is 987. The molecule has 0 N–H and O–H groups in total. The third-order valence-corrected chi connectivity index (χ3v) is 5.39. The molecule has 3 rings (SSSR count). The molecule has 0 aliphatic carbocycles. The van der Waals surface area contributed by atoms with Gasteiger partial charge in [0.25, 0.3) is 0 Å². The average Bonchev–Trinajstić information content (AvgIpc) is 3.21. The smallest absolute Gasteiger partial charge is 0.344 e. The lowest BCUT2D eigenvalue weighted by Crippen LogP contribution is -2.20. The molecule has 0 unspecified atom stereocenters. The van der Waals surface area contributed by atoms with Gasteiger partial charge in [-0.15, -0.1) is 0 Å². The summed E-state index contributed by atoms with van der Waals surface area (Å²) in [5.74, 6) is -0.901. The number of aromatic nitrogens is 1. The van der Waals surface area contributed by atoms with E-state index in [1.807, 2.05) is 37.3 Å². The lowest BCUT2D eigenvalue weighted by molar-refractivity contribution is -0.118. The van der Waals surface area contributed by atoms with Crippen molar-refractivity contribution < 1.29 is 18.8 Å². The van der Waals surface area contributed by atoms with Crippen molar-refractivity contribution in [2.75, 3.05) is 18.6 Å². The Morgan fingerprint density at radius 2 is 2.11 bits per heavy atom. The number of esters is 1. The lowest BCUT2D eigenvalue weighted by Gasteiger charge is -2.14. The van der Waals surface area contributed by atoms with E-state index in [9.17, 15) is 14.9 Å². The number of nitrogens with zero attached hydrogens (tertiary/aromatic N) is 3. The standard InChI is InChI=1S/C19H17N3O4S/c1-4-13-17(11(2)26-21-13)19(24)25-10-15(23)12(9-20)18-22(3)14-7-5-6-8-16(14)27-18/h5-8H,4,10H2,1-3H3. The summed E-state index contributed by atoms with van der Waals surface area (Å²) in [6, 6.07) is 9.56. The molecule has 0 saturated carbocycles. The van der Waals surface area contributed by atoms with Crippen LogP contribution in [0.3, 0.4) is 0 Å². The maximum Gasteiger partial charge on any atom is 0.344 e. The van der Waals surface area contributed by atoms with Crippen molar-refractivity contribution in [1.29, 1.82) is 5.26 Å². The Hall–Kier alpha value is -3.05. The van der Waals surface area contributed by atoms with Crippen LogP contribution in [0.5, 0.6) is 0 Å². The molecule has 138 valence electrons. The number of anilines is 1. The minimum absolute atomic E-state index is 0.0377. The molecule has 0 bridgehead atoms. The van der Waals surface area contributed by atoms with Crippen LogP contribution >= 0.6 is 11.8 Å². The molecule has 27 heavy (non-hydrogen) atoms. The number of Topliss-reactive ketones (excluding diaryl/α,β-unsaturated/α-hetero) is 1. The van der Waals surface area contributed by atoms with Gasteiger partial charge >= 0.3 is 5.97 Å². The summed E-state index contributed by atoms with van der Waals surface area (Å²) in [6.07, 6.45) is 0.503. The molecule has 1 aliphatic rings. The zero-order chi connectivity index (χ0) is 19.6. The number of hydrogen-bond donors (Lipinski definition) is 0. The van der Waals surface area contributed by atoms with E-state index < -0.39 is 18.4 Å². The van der Waals surface area contributed by atoms with E-state index in [1.165, 1.54) is 11.8 Å². The highest BCUT2D eigenvalue weighted by molar-refractivity contribution is 8.03. The molecule has 0 amide bonds. The molecular weight excluding hydrogens is 366 g/mol. The van der Waals surface area contributed by atoms with Crippen molar-refractivity contribution in [3.05, 3.63) is 51.9 Å². The van der Waals surface area contributed by atoms with Gasteiger partial charge in [0.1, 0.15) is 28.0 Å². The highest BCUT2D eigenvalue weighted by atomic mass is 32.2. The first kappa shape index (κ1) is 18.7. The molecule has 7 nitrogen and oxygen atoms in total. The van der Waals surface area contributed by atoms with Crippen LogP contribution in [0.1, 0.15) is 28.7 Å². The Morgan fingerprint density at radius 3 is 2.78 bits per heavy atom. The van der Waals surface area contributed by atoms with Gasteiger partial charge in [-0.05, 0) is 25.5 Å². The second-order valence-corrected chi connectivity index (χ2v) is 6.86. The van der Waals surface area contributed by atoms with E-state index in [2.05, 4.69) is 5.16 Å². The van der Waals surface area contributed by atoms with Crippen LogP contribution in [0.15, 0.2) is 44.3 Å². The third-order valence-electron chi connectivity index (χ3n) is 4.15. The number of aryl methyl sites for hydroxylation is 2. The number of ether oxygens (including phenoxy) is 1. The fourth-order valence-corrected chi connectivity index (χ4v) is 3.91. The van der Waals surface area contributed by atoms with Crippen LogP contribution in [0.25, 0.3) is 0 Å². The number of para-hydroxylation sites is 1. The van der Waals surface area contributed by atoms with Crippen molar-refractivity contribution in [2.24, 2.45) is 0 Å². The molecule has 0 atom stereocenters. The van der Waals surface area contributed by atoms with E-state index in [4.69, 9.17) is 9.26 Å². The predicted octanol–water partition coefficient (Wildman–Crippen LogP) is 3.25. The van der Waals surface area contributed by atoms with E-state index in [1.54, 1.807) is 18.9 Å². The van der Waals surface area contributed by atoms with Crippen LogP contribution < -0.4 is 4.90 Å². The first-order chi connectivity index (χ1) is 13.0. The maximum absolute atomic E-state index is 12.5. The molecule has 8 heteroatoms. The van der Waals surface area contributed by atoms with Gasteiger partial charge in [0.2, 0.25) is 5.78 Å². The van der Waals surface area contributed by atoms with Crippen LogP contribution in [-0.4, -0.2) is 30.6 Å². The molecule has 0 saturated heterocycles. The molecular formula is C19H17N3O4S. The first-order valence-electron chi connectivity index (χ1n) is 8.28. The summed E-state index contributed by atoms with van der Waals surface area (Å²) in [5, 5.41) is 13.8. The number of thioether (sulfide) groups is 1. The first-order valence-corrected chi connectivity index (χ1v) is 9.10. The minimum atomic E-state index is -0.683. The minimum Gasteiger partial charge on any atom is -0.454 e. The highest BCUT2D eigenvalue weighted by Gasteiger charge is 2.29. The second kappa shape index (κ2) is 7.68. The van der Waals surface area contributed by atoms with Crippen molar-refractivity contribution in [3.63, 3.8) is 0 Å². The second-order valence-electron chi connectivity index (χ2n) is 5.83. The Labute approximate surface area is 160 Å². The summed E-state index contributed by atoms with van der Waals surface area (Å²) in [4.78, 5) is 27.6. The number of hydrogen-bond acceptors (Lipinski definition) is 8. The fourth-order valence-electron chi connectivity index (χ4n) is 2.75. The summed E-state index contributed by atoms with van der Waals surface area (Å²) in [5.41, 5.74) is 1.59. The Morgan fingerprint density at radius 1 is 1.37 bits per heavy atom. The van der Waals surface area contributed by atoms with Gasteiger partial charge in [0, 0.05) is 11.9 Å². The topological polar surface area (TPSA) is 96.4 Å². The molecule has 1 aromatic heterocycles. The molecule has 0 spiro atoms. The average molecular weight is 383 g/mol. The van der Waals surface area contributed by atoms with Gasteiger partial charge in [-0.3, -0.25) is 4.79 Å². The Balaban J connectivity index is 1.77. The molecule has 2 heterocycles. The number of carbonyl (C=O) groups is 2. The third kappa shape index (κ3) is 3.46. The van der Waals surface area contributed by atoms with Crippen molar-refractivity contribution in [2.45, 2.75) is 25.2 Å². The molecule has 1 aromatic carbocycles. The van der Waals surface area contributed by atoms with Gasteiger partial charge in [-0.1, -0.05) is 36.0 Å². The summed E-state index contributed by atoms with van der Waals surface area (Å²) in [6.45, 7) is 2.92. The van der Waals surface area contributed by atoms with Crippen LogP contribution in [0.4, 0.5) is 5.69 Å². The predicted molar refractivity (Wildman–Crippen MR) is 99.2 cm³/mol. The van der Waals surface area contributed by atoms with Gasteiger partial charge in [0.15, 0.2) is 6.61 Å². The van der Waals surface area contributed by atoms with E-state index in [0.29, 0.717) is 22.9 Å². The molecule has 2 aromatic rings. The summed E-state index contributed by atoms with van der Waals surface area (Å²) < 4.78 is 10.1. The van der Waals surface area contributed by atoms with Gasteiger partial charge in [-0.2, -0.15) is 5.26 Å². The number of fused-ring (bicyclic) bond motifs is 1. The normalized spacial score (nSPS) is 14.5. The SMILES string of the molecule is CCc1noc(C)c1C(=O)OCC(=O)C(C#N)=C1Sc2ccccc2N1C. The van der Waals surface area contributed by atoms with E-state index >= 15 is 0 Å². The number of benzene rings is 1. The zero-order valence-electron chi connectivity index (χ0n) is 15.1. The summed E-state index contributed by atoms with van der Waals surface area (Å²) in [7, 11) is 1.79. The van der Waals surface area contributed by atoms with Crippen molar-refractivity contribution >= 4 is 29.2 Å². The van der Waals surface area contributed by atoms with Crippen LogP contribution in [0.2, 0.25) is 0 Å². The largest absolute Gasteiger partial charge is 0.454 e. The lowest BCUT2D eigenvalue weighted by atomic mass is 10.1. The molecule has 0 radical (unpaired) electrons. The fraction of sp³-hybridized carbons (Fsp3) is 0.263. The maximum atomic E-state index is 12.5. The molecule has 0 fully saturated rings. The van der Waals surface area contributed by atoms with Crippen molar-refractivity contribution in [1.82, 2.24) is 5.16 Å². The number of rotatable bonds is 5. The van der Waals surface area contributed by atoms with Gasteiger partial charge in [0.05, 0.1) is 11.4 Å². The highest BCUT2D eigenvalue weighted by Crippen LogP contribution is 2.46. The summed E-state index contributed by atoms with van der Waals surface area (Å²) >= 11 is 1.34. The van der Waals surface area contributed by atoms with Crippen molar-refractivity contribution in [3.8, 4) is 6.07 Å². The monoisotopic (exact) mass is 383 g/mol. The Kier molecular flexibility index (Phi) is 5.33. The van der Waals surface area contributed by atoms with E-state index in [-0.39, 0.29) is 11.1 Å². The number of carbonyl (C=O) groups excluding carboxylic acids is 2. The molecule has 1 aliphatic heterocycles. The zero-order valence-corrected chi connectivity index (χ0v) is 15.9. The number of ketones is 1. The number of nitriles is 1. The van der Waals surface area contributed by atoms with Crippen LogP contribution in [0, 0.1) is 18.3 Å². The van der Waals surface area contributed by atoms with Crippen LogP contribution in [-0.2, 0) is 16.0 Å². The van der Waals surface area contributed by atoms with Gasteiger partial charge < -0.3 is 14.2 Å². The quantitative estimate of drug-likeness (QED) is 0.441. The van der Waals surface area contributed by atoms with Gasteiger partial charge in [-0.25, -0.2) is 4.79 Å².